The fourth-order valence-corrected chi connectivity index (χ4v) is 5.31. The van der Waals surface area contributed by atoms with Crippen molar-refractivity contribution in [2.75, 3.05) is 6.54 Å². The zero-order valence-corrected chi connectivity index (χ0v) is 20.1. The maximum absolute atomic E-state index is 13.1. The van der Waals surface area contributed by atoms with E-state index in [1.807, 2.05) is 54.3 Å². The maximum atomic E-state index is 13.1. The number of para-hydroxylation sites is 1. The van der Waals surface area contributed by atoms with Crippen molar-refractivity contribution in [3.8, 4) is 5.75 Å². The Hall–Kier alpha value is -3.26. The van der Waals surface area contributed by atoms with Gasteiger partial charge < -0.3 is 14.2 Å². The van der Waals surface area contributed by atoms with Crippen molar-refractivity contribution in [1.82, 2.24) is 20.0 Å². The van der Waals surface area contributed by atoms with Gasteiger partial charge in [0.25, 0.3) is 5.89 Å². The third-order valence-corrected chi connectivity index (χ3v) is 7.20. The van der Waals surface area contributed by atoms with Crippen molar-refractivity contribution in [3.05, 3.63) is 70.8 Å². The molecule has 0 radical (unpaired) electrons. The number of carbonyl (C=O) groups is 1. The first kappa shape index (κ1) is 22.5. The van der Waals surface area contributed by atoms with Gasteiger partial charge in [0.05, 0.1) is 21.3 Å². The molecular weight excluding hydrogens is 448 g/mol. The predicted molar refractivity (Wildman–Crippen MR) is 131 cm³/mol. The van der Waals surface area contributed by atoms with Gasteiger partial charge in [0.15, 0.2) is 12.4 Å². The molecule has 1 unspecified atom stereocenters. The number of likely N-dealkylation sites (tertiary alicyclic amines) is 1. The Balaban J connectivity index is 1.17. The van der Waals surface area contributed by atoms with Crippen LogP contribution in [0, 0.1) is 6.92 Å². The lowest BCUT2D eigenvalue weighted by Crippen LogP contribution is -2.39. The smallest absolute Gasteiger partial charge is 0.264 e. The lowest BCUT2D eigenvalue weighted by molar-refractivity contribution is -0.135. The second-order valence-corrected chi connectivity index (χ2v) is 9.79. The lowest BCUT2D eigenvalue weighted by Gasteiger charge is -2.33. The minimum atomic E-state index is -0.138. The summed E-state index contributed by atoms with van der Waals surface area (Å²) in [6.07, 6.45) is 4.98. The molecule has 2 aromatic carbocycles. The number of aromatic nitrogens is 3. The molecular formula is C26H28N4O3S. The number of amides is 1. The molecule has 4 aromatic rings. The third kappa shape index (κ3) is 5.28. The Bertz CT molecular complexity index is 1220. The van der Waals surface area contributed by atoms with Crippen LogP contribution in [0.2, 0.25) is 0 Å². The van der Waals surface area contributed by atoms with E-state index in [4.69, 9.17) is 9.26 Å². The summed E-state index contributed by atoms with van der Waals surface area (Å²) in [6, 6.07) is 15.8. The van der Waals surface area contributed by atoms with Crippen LogP contribution in [-0.4, -0.2) is 32.5 Å². The Kier molecular flexibility index (Phi) is 6.85. The molecule has 1 aliphatic rings. The number of nitrogens with zero attached hydrogens (tertiary/aromatic N) is 4. The second-order valence-electron chi connectivity index (χ2n) is 8.68. The summed E-state index contributed by atoms with van der Waals surface area (Å²) in [6.45, 7) is 2.97. The monoisotopic (exact) mass is 476 g/mol. The molecule has 1 atom stereocenters. The van der Waals surface area contributed by atoms with Crippen LogP contribution in [0.15, 0.2) is 53.1 Å². The Morgan fingerprint density at radius 3 is 2.85 bits per heavy atom. The summed E-state index contributed by atoms with van der Waals surface area (Å²) in [5, 5.41) is 5.27. The summed E-state index contributed by atoms with van der Waals surface area (Å²) in [4.78, 5) is 24.2. The van der Waals surface area contributed by atoms with Crippen LogP contribution in [0.4, 0.5) is 0 Å². The standard InChI is InChI=1S/C26H28N4O3S/c1-18-12-14-19(15-13-18)32-17-23-28-26(29-33-23)21-8-4-5-16-30(21)25(31)11-6-10-24-27-20-7-2-3-9-22(20)34-24/h2-3,7,9,12-15,21H,4-6,8,10-11,16-17H2,1H3. The molecule has 34 heavy (non-hydrogen) atoms. The molecule has 1 aliphatic heterocycles. The van der Waals surface area contributed by atoms with Gasteiger partial charge in [0.1, 0.15) is 5.75 Å². The summed E-state index contributed by atoms with van der Waals surface area (Å²) in [5.41, 5.74) is 2.21. The first-order valence-corrected chi connectivity index (χ1v) is 12.6. The highest BCUT2D eigenvalue weighted by Gasteiger charge is 2.31. The molecule has 1 saturated heterocycles. The van der Waals surface area contributed by atoms with Crippen LogP contribution in [0.5, 0.6) is 5.75 Å². The van der Waals surface area contributed by atoms with Crippen LogP contribution in [0.3, 0.4) is 0 Å². The zero-order chi connectivity index (χ0) is 23.3. The second kappa shape index (κ2) is 10.3. The number of aryl methyl sites for hydroxylation is 2. The van der Waals surface area contributed by atoms with Crippen molar-refractivity contribution in [2.45, 2.75) is 58.1 Å². The molecule has 8 heteroatoms. The van der Waals surface area contributed by atoms with Gasteiger partial charge >= 0.3 is 0 Å². The molecule has 0 N–H and O–H groups in total. The number of thiazole rings is 1. The summed E-state index contributed by atoms with van der Waals surface area (Å²) in [7, 11) is 0. The van der Waals surface area contributed by atoms with Crippen molar-refractivity contribution in [1.29, 1.82) is 0 Å². The van der Waals surface area contributed by atoms with Crippen molar-refractivity contribution >= 4 is 27.5 Å². The zero-order valence-electron chi connectivity index (χ0n) is 19.3. The van der Waals surface area contributed by atoms with E-state index in [2.05, 4.69) is 21.2 Å². The molecule has 1 amide bonds. The highest BCUT2D eigenvalue weighted by Crippen LogP contribution is 2.30. The molecule has 1 fully saturated rings. The summed E-state index contributed by atoms with van der Waals surface area (Å²) in [5.74, 6) is 1.90. The van der Waals surface area contributed by atoms with Crippen molar-refractivity contribution in [3.63, 3.8) is 0 Å². The van der Waals surface area contributed by atoms with E-state index in [9.17, 15) is 4.79 Å². The Morgan fingerprint density at radius 1 is 1.15 bits per heavy atom. The van der Waals surface area contributed by atoms with Gasteiger partial charge in [0, 0.05) is 13.0 Å². The van der Waals surface area contributed by atoms with Gasteiger partial charge in [-0.2, -0.15) is 4.98 Å². The van der Waals surface area contributed by atoms with Gasteiger partial charge in [-0.05, 0) is 63.3 Å². The number of rotatable bonds is 8. The van der Waals surface area contributed by atoms with Gasteiger partial charge in [-0.1, -0.05) is 35.0 Å². The minimum Gasteiger partial charge on any atom is -0.484 e. The topological polar surface area (TPSA) is 81.4 Å². The molecule has 0 bridgehead atoms. The molecule has 0 aliphatic carbocycles. The fourth-order valence-electron chi connectivity index (χ4n) is 4.30. The molecule has 0 saturated carbocycles. The lowest BCUT2D eigenvalue weighted by atomic mass is 10.0. The summed E-state index contributed by atoms with van der Waals surface area (Å²) >= 11 is 1.71. The predicted octanol–water partition coefficient (Wildman–Crippen LogP) is 5.64. The van der Waals surface area contributed by atoms with Crippen LogP contribution in [-0.2, 0) is 17.8 Å². The number of piperidine rings is 1. The first-order valence-electron chi connectivity index (χ1n) is 11.8. The van der Waals surface area contributed by atoms with Gasteiger partial charge in [-0.25, -0.2) is 4.98 Å². The third-order valence-electron chi connectivity index (χ3n) is 6.11. The van der Waals surface area contributed by atoms with Crippen molar-refractivity contribution in [2.24, 2.45) is 0 Å². The highest BCUT2D eigenvalue weighted by atomic mass is 32.1. The SMILES string of the molecule is Cc1ccc(OCc2nc(C3CCCCN3C(=O)CCCc3nc4ccccc4s3)no2)cc1. The van der Waals surface area contributed by atoms with E-state index in [0.717, 1.165) is 54.9 Å². The first-order chi connectivity index (χ1) is 16.7. The van der Waals surface area contributed by atoms with Crippen LogP contribution in [0.1, 0.15) is 60.4 Å². The van der Waals surface area contributed by atoms with Gasteiger partial charge in [-0.15, -0.1) is 11.3 Å². The number of benzene rings is 2. The van der Waals surface area contributed by atoms with E-state index in [1.165, 1.54) is 10.3 Å². The molecule has 2 aromatic heterocycles. The Morgan fingerprint density at radius 2 is 2.00 bits per heavy atom. The van der Waals surface area contributed by atoms with E-state index in [-0.39, 0.29) is 18.6 Å². The van der Waals surface area contributed by atoms with E-state index < -0.39 is 0 Å². The largest absolute Gasteiger partial charge is 0.484 e. The number of hydrogen-bond donors (Lipinski definition) is 0. The van der Waals surface area contributed by atoms with Gasteiger partial charge in [0.2, 0.25) is 5.91 Å². The van der Waals surface area contributed by atoms with Gasteiger partial charge in [-0.3, -0.25) is 4.79 Å². The quantitative estimate of drug-likeness (QED) is 0.327. The van der Waals surface area contributed by atoms with E-state index in [1.54, 1.807) is 11.3 Å². The van der Waals surface area contributed by atoms with Crippen LogP contribution in [0.25, 0.3) is 10.2 Å². The van der Waals surface area contributed by atoms with Crippen molar-refractivity contribution < 1.29 is 14.1 Å². The van der Waals surface area contributed by atoms with Crippen LogP contribution >= 0.6 is 11.3 Å². The molecule has 7 nitrogen and oxygen atoms in total. The Labute approximate surface area is 202 Å². The number of carbonyl (C=O) groups excluding carboxylic acids is 1. The number of ether oxygens (including phenoxy) is 1. The molecule has 3 heterocycles. The molecule has 5 rings (SSSR count). The summed E-state index contributed by atoms with van der Waals surface area (Å²) < 4.78 is 12.4. The average molecular weight is 477 g/mol. The number of hydrogen-bond acceptors (Lipinski definition) is 7. The van der Waals surface area contributed by atoms with E-state index in [0.29, 0.717) is 18.1 Å². The normalized spacial score (nSPS) is 16.1. The number of fused-ring (bicyclic) bond motifs is 1. The average Bonchev–Trinajstić information content (AvgIpc) is 3.50. The molecule has 0 spiro atoms. The fraction of sp³-hybridized carbons (Fsp3) is 0.385. The van der Waals surface area contributed by atoms with Crippen LogP contribution < -0.4 is 4.74 Å². The highest BCUT2D eigenvalue weighted by molar-refractivity contribution is 7.18. The minimum absolute atomic E-state index is 0.138. The maximum Gasteiger partial charge on any atom is 0.264 e. The van der Waals surface area contributed by atoms with E-state index >= 15 is 0 Å². The molecule has 176 valence electrons.